The van der Waals surface area contributed by atoms with E-state index in [0.717, 1.165) is 10.6 Å². The lowest BCUT2D eigenvalue weighted by atomic mass is 10.4. The van der Waals surface area contributed by atoms with Crippen LogP contribution in [0.1, 0.15) is 10.6 Å². The molecule has 2 rings (SSSR count). The molecule has 0 N–H and O–H groups in total. The maximum absolute atomic E-state index is 11.5. The third kappa shape index (κ3) is 2.21. The number of hydrogen-bond donors (Lipinski definition) is 0. The average Bonchev–Trinajstić information content (AvgIpc) is 2.57. The van der Waals surface area contributed by atoms with E-state index >= 15 is 0 Å². The van der Waals surface area contributed by atoms with Gasteiger partial charge in [0.15, 0.2) is 0 Å². The van der Waals surface area contributed by atoms with E-state index in [2.05, 4.69) is 14.6 Å². The van der Waals surface area contributed by atoms with Crippen LogP contribution in [0, 0.1) is 6.92 Å². The predicted molar refractivity (Wildman–Crippen MR) is 57.3 cm³/mol. The highest BCUT2D eigenvalue weighted by Gasteiger charge is 2.05. The summed E-state index contributed by atoms with van der Waals surface area (Å²) in [6.45, 7) is 2.29. The van der Waals surface area contributed by atoms with Crippen LogP contribution in [0.3, 0.4) is 0 Å². The zero-order valence-corrected chi connectivity index (χ0v) is 9.42. The summed E-state index contributed by atoms with van der Waals surface area (Å²) >= 11 is 6.86. The van der Waals surface area contributed by atoms with Gasteiger partial charge < -0.3 is 0 Å². The van der Waals surface area contributed by atoms with Crippen LogP contribution in [-0.4, -0.2) is 19.1 Å². The molecule has 0 aliphatic heterocycles. The molecule has 0 amide bonds. The van der Waals surface area contributed by atoms with Crippen LogP contribution in [0.15, 0.2) is 17.2 Å². The topological polar surface area (TPSA) is 60.7 Å². The zero-order valence-electron chi connectivity index (χ0n) is 7.85. The summed E-state index contributed by atoms with van der Waals surface area (Å²) in [5, 5.41) is 4.07. The average molecular weight is 243 g/mol. The number of hydrogen-bond acceptors (Lipinski definition) is 5. The van der Waals surface area contributed by atoms with Gasteiger partial charge in [0.2, 0.25) is 0 Å². The van der Waals surface area contributed by atoms with Crippen molar-refractivity contribution in [1.29, 1.82) is 0 Å². The summed E-state index contributed by atoms with van der Waals surface area (Å²) < 4.78 is 5.26. The number of nitrogens with zero attached hydrogens (tertiary/aromatic N) is 4. The molecule has 2 aromatic heterocycles. The Morgan fingerprint density at radius 1 is 1.60 bits per heavy atom. The molecule has 5 nitrogen and oxygen atoms in total. The first kappa shape index (κ1) is 10.3. The van der Waals surface area contributed by atoms with Crippen molar-refractivity contribution in [2.75, 3.05) is 0 Å². The van der Waals surface area contributed by atoms with Gasteiger partial charge in [-0.2, -0.15) is 0 Å². The second kappa shape index (κ2) is 4.08. The number of aromatic nitrogens is 4. The lowest BCUT2D eigenvalue weighted by Gasteiger charge is -2.01. The van der Waals surface area contributed by atoms with Crippen LogP contribution in [0.25, 0.3) is 0 Å². The van der Waals surface area contributed by atoms with Crippen LogP contribution in [-0.2, 0) is 6.54 Å². The van der Waals surface area contributed by atoms with Crippen LogP contribution in [0.2, 0.25) is 5.15 Å². The Morgan fingerprint density at radius 3 is 3.00 bits per heavy atom. The molecule has 2 aromatic rings. The van der Waals surface area contributed by atoms with Crippen molar-refractivity contribution in [3.05, 3.63) is 38.5 Å². The van der Waals surface area contributed by atoms with Crippen molar-refractivity contribution in [2.24, 2.45) is 0 Å². The van der Waals surface area contributed by atoms with Crippen LogP contribution >= 0.6 is 23.1 Å². The van der Waals surface area contributed by atoms with Crippen molar-refractivity contribution >= 4 is 23.1 Å². The van der Waals surface area contributed by atoms with Crippen molar-refractivity contribution in [3.8, 4) is 0 Å². The fraction of sp³-hybridized carbons (Fsp3) is 0.250. The second-order valence-electron chi connectivity index (χ2n) is 2.96. The van der Waals surface area contributed by atoms with Crippen molar-refractivity contribution < 1.29 is 0 Å². The molecule has 0 aliphatic rings. The van der Waals surface area contributed by atoms with E-state index in [-0.39, 0.29) is 10.7 Å². The SMILES string of the molecule is Cc1nnsc1Cn1cnc(Cl)cc1=O. The molecule has 78 valence electrons. The molecule has 0 spiro atoms. The Labute approximate surface area is 94.5 Å². The van der Waals surface area contributed by atoms with Gasteiger partial charge in [-0.05, 0) is 18.5 Å². The second-order valence-corrected chi connectivity index (χ2v) is 4.19. The highest BCUT2D eigenvalue weighted by Crippen LogP contribution is 2.09. The van der Waals surface area contributed by atoms with Crippen LogP contribution < -0.4 is 5.56 Å². The quantitative estimate of drug-likeness (QED) is 0.740. The maximum Gasteiger partial charge on any atom is 0.255 e. The van der Waals surface area contributed by atoms with Crippen molar-refractivity contribution in [3.63, 3.8) is 0 Å². The normalized spacial score (nSPS) is 10.5. The van der Waals surface area contributed by atoms with Crippen molar-refractivity contribution in [1.82, 2.24) is 19.1 Å². The van der Waals surface area contributed by atoms with E-state index in [1.807, 2.05) is 6.92 Å². The third-order valence-electron chi connectivity index (χ3n) is 1.91. The summed E-state index contributed by atoms with van der Waals surface area (Å²) in [5.41, 5.74) is 0.657. The van der Waals surface area contributed by atoms with E-state index < -0.39 is 0 Å². The smallest absolute Gasteiger partial charge is 0.255 e. The Hall–Kier alpha value is -1.27. The van der Waals surface area contributed by atoms with Crippen LogP contribution in [0.5, 0.6) is 0 Å². The Kier molecular flexibility index (Phi) is 2.79. The molecule has 7 heteroatoms. The molecular formula is C8H7ClN4OS. The first-order valence-electron chi connectivity index (χ1n) is 4.16. The first-order valence-corrected chi connectivity index (χ1v) is 5.32. The summed E-state index contributed by atoms with van der Waals surface area (Å²) in [4.78, 5) is 16.3. The summed E-state index contributed by atoms with van der Waals surface area (Å²) in [6.07, 6.45) is 1.42. The van der Waals surface area contributed by atoms with E-state index in [1.165, 1.54) is 28.5 Å². The van der Waals surface area contributed by atoms with Gasteiger partial charge in [0, 0.05) is 6.07 Å². The van der Waals surface area contributed by atoms with Gasteiger partial charge in [-0.3, -0.25) is 9.36 Å². The molecule has 0 saturated heterocycles. The number of halogens is 1. The van der Waals surface area contributed by atoms with Gasteiger partial charge in [-0.1, -0.05) is 16.1 Å². The van der Waals surface area contributed by atoms with E-state index in [1.54, 1.807) is 0 Å². The minimum absolute atomic E-state index is 0.178. The standard InChI is InChI=1S/C8H7ClN4OS/c1-5-6(15-12-11-5)3-13-4-10-7(9)2-8(13)14/h2,4H,3H2,1H3. The van der Waals surface area contributed by atoms with Crippen molar-refractivity contribution in [2.45, 2.75) is 13.5 Å². The third-order valence-corrected chi connectivity index (χ3v) is 2.92. The summed E-state index contributed by atoms with van der Waals surface area (Å²) in [5.74, 6) is 0. The molecule has 0 atom stereocenters. The molecule has 0 unspecified atom stereocenters. The Balaban J connectivity index is 2.33. The van der Waals surface area contributed by atoms with Gasteiger partial charge in [0.05, 0.1) is 23.4 Å². The van der Waals surface area contributed by atoms with Gasteiger partial charge in [0.25, 0.3) is 5.56 Å². The Morgan fingerprint density at radius 2 is 2.40 bits per heavy atom. The fourth-order valence-corrected chi connectivity index (χ4v) is 1.84. The zero-order chi connectivity index (χ0) is 10.8. The summed E-state index contributed by atoms with van der Waals surface area (Å²) in [7, 11) is 0. The minimum Gasteiger partial charge on any atom is -0.294 e. The van der Waals surface area contributed by atoms with Gasteiger partial charge >= 0.3 is 0 Å². The molecule has 15 heavy (non-hydrogen) atoms. The first-order chi connectivity index (χ1) is 7.16. The molecule has 0 saturated carbocycles. The van der Waals surface area contributed by atoms with Crippen LogP contribution in [0.4, 0.5) is 0 Å². The highest BCUT2D eigenvalue weighted by molar-refractivity contribution is 7.05. The molecule has 0 aromatic carbocycles. The summed E-state index contributed by atoms with van der Waals surface area (Å²) in [6, 6.07) is 1.28. The van der Waals surface area contributed by atoms with Gasteiger partial charge in [-0.15, -0.1) is 5.10 Å². The lowest BCUT2D eigenvalue weighted by molar-refractivity contribution is 0.740. The number of rotatable bonds is 2. The molecule has 2 heterocycles. The lowest BCUT2D eigenvalue weighted by Crippen LogP contribution is -2.19. The number of aryl methyl sites for hydroxylation is 1. The molecular weight excluding hydrogens is 236 g/mol. The van der Waals surface area contributed by atoms with E-state index in [0.29, 0.717) is 6.54 Å². The molecule has 0 bridgehead atoms. The fourth-order valence-electron chi connectivity index (χ4n) is 1.07. The maximum atomic E-state index is 11.5. The molecule has 0 aliphatic carbocycles. The largest absolute Gasteiger partial charge is 0.294 e. The predicted octanol–water partition coefficient (Wildman–Crippen LogP) is 1.10. The van der Waals surface area contributed by atoms with Gasteiger partial charge in [0.1, 0.15) is 5.15 Å². The van der Waals surface area contributed by atoms with Gasteiger partial charge in [-0.25, -0.2) is 4.98 Å². The molecule has 0 fully saturated rings. The Bertz CT molecular complexity index is 535. The molecule has 0 radical (unpaired) electrons. The minimum atomic E-state index is -0.178. The van der Waals surface area contributed by atoms with E-state index in [9.17, 15) is 4.79 Å². The monoisotopic (exact) mass is 242 g/mol. The highest BCUT2D eigenvalue weighted by atomic mass is 35.5. The van der Waals surface area contributed by atoms with E-state index in [4.69, 9.17) is 11.6 Å².